The molecule has 1 aromatic carbocycles. The van der Waals surface area contributed by atoms with E-state index in [4.69, 9.17) is 4.74 Å². The Bertz CT molecular complexity index is 2460. The smallest absolute Gasteiger partial charge is 0.305 e. The lowest BCUT2D eigenvalue weighted by Gasteiger charge is -2.61. The third-order valence-corrected chi connectivity index (χ3v) is 26.4. The van der Waals surface area contributed by atoms with Crippen LogP contribution >= 0.6 is 11.3 Å². The van der Waals surface area contributed by atoms with Gasteiger partial charge in [-0.05, 0) is 239 Å². The first-order valence-corrected chi connectivity index (χ1v) is 26.5. The van der Waals surface area contributed by atoms with Crippen molar-refractivity contribution in [2.24, 2.45) is 159 Å². The highest BCUT2D eigenvalue weighted by Crippen LogP contribution is 2.97. The maximum absolute atomic E-state index is 13.5. The van der Waals surface area contributed by atoms with Crippen molar-refractivity contribution in [3.05, 3.63) is 92.7 Å². The molecule has 0 saturated heterocycles. The Hall–Kier alpha value is -2.39. The van der Waals surface area contributed by atoms with Crippen molar-refractivity contribution in [1.82, 2.24) is 0 Å². The molecule has 0 radical (unpaired) electrons. The summed E-state index contributed by atoms with van der Waals surface area (Å²) in [5.74, 6) is 26.0. The van der Waals surface area contributed by atoms with Crippen LogP contribution in [0.5, 0.6) is 0 Å². The van der Waals surface area contributed by atoms with Crippen LogP contribution in [-0.2, 0) is 21.4 Å². The number of rotatable bonds is 8. The molecule has 1 aromatic heterocycles. The van der Waals surface area contributed by atoms with E-state index in [1.807, 2.05) is 0 Å². The highest BCUT2D eigenvalue weighted by molar-refractivity contribution is 7.07. The summed E-state index contributed by atoms with van der Waals surface area (Å²) in [5.41, 5.74) is 12.0. The van der Waals surface area contributed by atoms with E-state index in [-0.39, 0.29) is 11.4 Å². The zero-order chi connectivity index (χ0) is 37.3. The minimum Gasteiger partial charge on any atom is -0.465 e. The largest absolute Gasteiger partial charge is 0.465 e. The van der Waals surface area contributed by atoms with Crippen molar-refractivity contribution < 1.29 is 9.53 Å². The fourth-order valence-corrected chi connectivity index (χ4v) is 27.3. The summed E-state index contributed by atoms with van der Waals surface area (Å²) in [7, 11) is 0. The molecule has 300 valence electrons. The van der Waals surface area contributed by atoms with Gasteiger partial charge < -0.3 is 4.74 Å². The maximum atomic E-state index is 13.5. The molecule has 13 fully saturated rings. The lowest BCUT2D eigenvalue weighted by molar-refractivity contribution is -0.144. The van der Waals surface area contributed by atoms with E-state index in [2.05, 4.69) is 81.6 Å². The molecule has 0 aliphatic heterocycles. The van der Waals surface area contributed by atoms with Crippen LogP contribution in [0.25, 0.3) is 0 Å². The first-order valence-electron chi connectivity index (χ1n) is 25.5. The van der Waals surface area contributed by atoms with Gasteiger partial charge in [-0.25, -0.2) is 0 Å². The predicted octanol–water partition coefficient (Wildman–Crippen LogP) is 10.7. The average Bonchev–Trinajstić information content (AvgIpc) is 4.03. The summed E-state index contributed by atoms with van der Waals surface area (Å²) in [4.78, 5) is 13.5. The monoisotopic (exact) mass is 794 g/mol. The van der Waals surface area contributed by atoms with Gasteiger partial charge in [0, 0.05) is 18.3 Å². The summed E-state index contributed by atoms with van der Waals surface area (Å²) in [6.45, 7) is 0.522. The molecule has 19 rings (SSSR count). The van der Waals surface area contributed by atoms with Crippen molar-refractivity contribution in [1.29, 1.82) is 0 Å². The number of hydrogen-bond donors (Lipinski definition) is 0. The summed E-state index contributed by atoms with van der Waals surface area (Å²) in [6.07, 6.45) is 19.1. The molecular weight excluding hydrogens is 737 g/mol. The number of benzene rings is 1. The van der Waals surface area contributed by atoms with Gasteiger partial charge in [-0.3, -0.25) is 4.79 Å². The third-order valence-electron chi connectivity index (χ3n) is 25.6. The number of hydrogen-bond acceptors (Lipinski definition) is 3. The Morgan fingerprint density at radius 1 is 0.695 bits per heavy atom. The summed E-state index contributed by atoms with van der Waals surface area (Å²) in [5, 5.41) is 4.33. The number of carbonyl (C=O) groups is 1. The second-order valence-electron chi connectivity index (χ2n) is 25.4. The average molecular weight is 795 g/mol. The lowest BCUT2D eigenvalue weighted by Crippen LogP contribution is -2.58. The molecule has 3 heteroatoms. The highest BCUT2D eigenvalue weighted by Gasteiger charge is 2.94. The van der Waals surface area contributed by atoms with Crippen LogP contribution < -0.4 is 0 Å². The van der Waals surface area contributed by atoms with E-state index in [0.717, 1.165) is 161 Å². The molecule has 1 spiro atoms. The van der Waals surface area contributed by atoms with Crippen LogP contribution in [0.15, 0.2) is 81.6 Å². The predicted molar refractivity (Wildman–Crippen MR) is 225 cm³/mol. The number of allylic oxidation sites excluding steroid dienone is 6. The van der Waals surface area contributed by atoms with Gasteiger partial charge in [-0.15, -0.1) is 0 Å². The van der Waals surface area contributed by atoms with Gasteiger partial charge in [-0.1, -0.05) is 64.8 Å². The normalized spacial score (nSPS) is 62.8. The molecule has 28 unspecified atom stereocenters. The molecule has 17 aliphatic carbocycles. The van der Waals surface area contributed by atoms with Gasteiger partial charge in [0.15, 0.2) is 0 Å². The standard InChI is InChI=1S/C56H58O2S/c57-32(58-11-8-22-9-12-59-21-22)7-4-10-55(30-5-2-1-3-6-30)54-31-19-28-17-25-15-26-14-23-13-24-16-27-18-29-20-56(54,55)53-39(29)44-38(27)43-34(24)33(23)41-37(26)42-35(25)36(28)45-40(31)52(53)51-49(44)47(43)46(41)48(42)50(45)51/h1-3,5-6,9,12,18-19,21,24-26,28-29,34-54H,4,7-8,10-11,13-17,20H2. The molecule has 17 aliphatic rings. The Kier molecular flexibility index (Phi) is 5.10. The van der Waals surface area contributed by atoms with Crippen molar-refractivity contribution in [2.45, 2.75) is 69.6 Å². The van der Waals surface area contributed by atoms with Crippen molar-refractivity contribution >= 4 is 17.3 Å². The maximum Gasteiger partial charge on any atom is 0.305 e. The van der Waals surface area contributed by atoms with Crippen molar-refractivity contribution in [3.8, 4) is 0 Å². The fourth-order valence-electron chi connectivity index (χ4n) is 26.6. The first kappa shape index (κ1) is 31.4. The third kappa shape index (κ3) is 2.93. The van der Waals surface area contributed by atoms with E-state index in [9.17, 15) is 4.79 Å². The van der Waals surface area contributed by atoms with Crippen LogP contribution in [0.1, 0.15) is 68.9 Å². The first-order chi connectivity index (χ1) is 29.2. The van der Waals surface area contributed by atoms with Gasteiger partial charge >= 0.3 is 5.97 Å². The Labute approximate surface area is 353 Å². The molecule has 2 aromatic rings. The molecule has 0 bridgehead atoms. The summed E-state index contributed by atoms with van der Waals surface area (Å²) in [6, 6.07) is 14.4. The summed E-state index contributed by atoms with van der Waals surface area (Å²) < 4.78 is 5.98. The topological polar surface area (TPSA) is 26.3 Å². The Morgan fingerprint density at radius 3 is 2.39 bits per heavy atom. The van der Waals surface area contributed by atoms with Gasteiger partial charge in [0.05, 0.1) is 6.61 Å². The number of fused-ring (bicyclic) bond motifs is 1. The second kappa shape index (κ2) is 9.57. The van der Waals surface area contributed by atoms with Crippen LogP contribution in [0, 0.1) is 159 Å². The fraction of sp³-hybridized carbons (Fsp3) is 0.696. The van der Waals surface area contributed by atoms with E-state index in [1.54, 1.807) is 36.2 Å². The zero-order valence-electron chi connectivity index (χ0n) is 34.3. The number of carbonyl (C=O) groups excluding carboxylic acids is 1. The van der Waals surface area contributed by atoms with Crippen LogP contribution in [0.4, 0.5) is 0 Å². The summed E-state index contributed by atoms with van der Waals surface area (Å²) >= 11 is 1.74. The zero-order valence-corrected chi connectivity index (χ0v) is 35.1. The van der Waals surface area contributed by atoms with Gasteiger partial charge in [0.25, 0.3) is 0 Å². The van der Waals surface area contributed by atoms with Crippen molar-refractivity contribution in [3.63, 3.8) is 0 Å². The molecular formula is C56H58O2S. The lowest BCUT2D eigenvalue weighted by atomic mass is 9.43. The molecule has 1 heterocycles. The minimum atomic E-state index is 0.0417. The van der Waals surface area contributed by atoms with Gasteiger partial charge in [0.1, 0.15) is 0 Å². The van der Waals surface area contributed by atoms with Crippen LogP contribution in [0.3, 0.4) is 0 Å². The van der Waals surface area contributed by atoms with Gasteiger partial charge in [0.2, 0.25) is 0 Å². The molecule has 28 atom stereocenters. The highest BCUT2D eigenvalue weighted by atomic mass is 32.1. The van der Waals surface area contributed by atoms with Crippen molar-refractivity contribution in [2.75, 3.05) is 6.61 Å². The van der Waals surface area contributed by atoms with E-state index >= 15 is 0 Å². The SMILES string of the molecule is O=C(CCCC1(c2ccccc2)C2C3=CC4CC5CC6CC7=C8C9C(CC%10=CC%11CC21C1C%11C2C%10C9C9C%10C8C6C6C5C4C4C3C1C(C29)C4C%106)C7)OCCc1ccsc1. The van der Waals surface area contributed by atoms with Crippen LogP contribution in [-0.4, -0.2) is 12.6 Å². The minimum absolute atomic E-state index is 0.0417. The molecule has 2 nitrogen and oxygen atoms in total. The Balaban J connectivity index is 0.825. The quantitative estimate of drug-likeness (QED) is 0.197. The van der Waals surface area contributed by atoms with E-state index < -0.39 is 0 Å². The second-order valence-corrected chi connectivity index (χ2v) is 26.2. The molecule has 59 heavy (non-hydrogen) atoms. The van der Waals surface area contributed by atoms with Gasteiger partial charge in [-0.2, -0.15) is 11.3 Å². The number of ether oxygens (including phenoxy) is 1. The molecule has 0 amide bonds. The number of thiophene rings is 1. The van der Waals surface area contributed by atoms with Crippen LogP contribution in [0.2, 0.25) is 0 Å². The van der Waals surface area contributed by atoms with E-state index in [0.29, 0.717) is 24.4 Å². The Morgan fingerprint density at radius 2 is 1.51 bits per heavy atom. The molecule has 0 N–H and O–H groups in total. The molecule has 13 saturated carbocycles. The van der Waals surface area contributed by atoms with E-state index in [1.165, 1.54) is 31.2 Å². The number of esters is 1.